The number of carbonyl (C=O) groups excluding carboxylic acids is 2. The van der Waals surface area contributed by atoms with Crippen molar-refractivity contribution in [2.45, 2.75) is 57.9 Å². The van der Waals surface area contributed by atoms with Gasteiger partial charge in [0.25, 0.3) is 0 Å². The van der Waals surface area contributed by atoms with Crippen LogP contribution in [-0.2, 0) is 9.59 Å². The molecule has 1 saturated heterocycles. The number of amides is 2. The summed E-state index contributed by atoms with van der Waals surface area (Å²) >= 11 is 1.53. The Balaban J connectivity index is 1.48. The molecular weight excluding hydrogens is 372 g/mol. The number of nitrogens with zero attached hydrogens (tertiary/aromatic N) is 3. The van der Waals surface area contributed by atoms with E-state index in [1.807, 2.05) is 36.1 Å². The molecule has 1 N–H and O–H groups in total. The molecule has 1 aliphatic carbocycles. The van der Waals surface area contributed by atoms with Gasteiger partial charge >= 0.3 is 0 Å². The minimum atomic E-state index is -0.366. The first-order valence-corrected chi connectivity index (χ1v) is 11.0. The van der Waals surface area contributed by atoms with E-state index < -0.39 is 0 Å². The van der Waals surface area contributed by atoms with Crippen LogP contribution in [0.25, 0.3) is 10.6 Å². The minimum absolute atomic E-state index is 0.0864. The molecule has 1 saturated carbocycles. The number of benzene rings is 1. The summed E-state index contributed by atoms with van der Waals surface area (Å²) in [6.07, 6.45) is 6.88. The van der Waals surface area contributed by atoms with Gasteiger partial charge in [-0.2, -0.15) is 0 Å². The van der Waals surface area contributed by atoms with E-state index in [1.54, 1.807) is 0 Å². The SMILES string of the molecule is Cc1nnc(-c2cccc(NC(=O)[C@H]3CCCCN3C(=O)C3CCCC3)c2)s1. The summed E-state index contributed by atoms with van der Waals surface area (Å²) in [5, 5.41) is 13.0. The first kappa shape index (κ1) is 19.1. The smallest absolute Gasteiger partial charge is 0.247 e. The number of hydrogen-bond acceptors (Lipinski definition) is 5. The lowest BCUT2D eigenvalue weighted by atomic mass is 9.97. The number of aryl methyl sites for hydroxylation is 1. The number of piperidine rings is 1. The van der Waals surface area contributed by atoms with Crippen LogP contribution in [0.15, 0.2) is 24.3 Å². The highest BCUT2D eigenvalue weighted by Gasteiger charge is 2.36. The fraction of sp³-hybridized carbons (Fsp3) is 0.524. The Morgan fingerprint density at radius 3 is 2.64 bits per heavy atom. The molecule has 0 unspecified atom stereocenters. The summed E-state index contributed by atoms with van der Waals surface area (Å²) in [7, 11) is 0. The lowest BCUT2D eigenvalue weighted by Gasteiger charge is -2.36. The van der Waals surface area contributed by atoms with E-state index in [0.29, 0.717) is 6.54 Å². The Morgan fingerprint density at radius 1 is 1.11 bits per heavy atom. The monoisotopic (exact) mass is 398 g/mol. The van der Waals surface area contributed by atoms with Crippen molar-refractivity contribution in [2.75, 3.05) is 11.9 Å². The molecular formula is C21H26N4O2S. The topological polar surface area (TPSA) is 75.2 Å². The maximum Gasteiger partial charge on any atom is 0.247 e. The van der Waals surface area contributed by atoms with Crippen molar-refractivity contribution in [1.29, 1.82) is 0 Å². The highest BCUT2D eigenvalue weighted by molar-refractivity contribution is 7.14. The molecule has 1 aromatic carbocycles. The third-order valence-electron chi connectivity index (χ3n) is 5.70. The molecule has 7 heteroatoms. The molecule has 0 spiro atoms. The van der Waals surface area contributed by atoms with Crippen molar-refractivity contribution in [2.24, 2.45) is 5.92 Å². The van der Waals surface area contributed by atoms with Gasteiger partial charge in [-0.15, -0.1) is 10.2 Å². The van der Waals surface area contributed by atoms with E-state index in [1.165, 1.54) is 11.3 Å². The second-order valence-electron chi connectivity index (χ2n) is 7.72. The molecule has 2 aromatic rings. The standard InChI is InChI=1S/C21H26N4O2S/c1-14-23-24-20(28-14)16-9-6-10-17(13-16)22-19(26)18-11-4-5-12-25(18)21(27)15-7-2-3-8-15/h6,9-10,13,15,18H,2-5,7-8,11-12H2,1H3,(H,22,26)/t18-/m1/s1. The predicted octanol–water partition coefficient (Wildman–Crippen LogP) is 4.02. The quantitative estimate of drug-likeness (QED) is 0.844. The van der Waals surface area contributed by atoms with Gasteiger partial charge in [0.1, 0.15) is 16.1 Å². The van der Waals surface area contributed by atoms with Crippen LogP contribution < -0.4 is 5.32 Å². The van der Waals surface area contributed by atoms with Gasteiger partial charge in [-0.05, 0) is 51.2 Å². The summed E-state index contributed by atoms with van der Waals surface area (Å²) < 4.78 is 0. The van der Waals surface area contributed by atoms with Crippen molar-refractivity contribution in [1.82, 2.24) is 15.1 Å². The van der Waals surface area contributed by atoms with Crippen LogP contribution in [0.3, 0.4) is 0 Å². The number of aromatic nitrogens is 2. The molecule has 6 nitrogen and oxygen atoms in total. The lowest BCUT2D eigenvalue weighted by molar-refractivity contribution is -0.143. The molecule has 2 fully saturated rings. The molecule has 1 aromatic heterocycles. The van der Waals surface area contributed by atoms with Crippen molar-refractivity contribution >= 4 is 28.8 Å². The van der Waals surface area contributed by atoms with E-state index >= 15 is 0 Å². The summed E-state index contributed by atoms with van der Waals surface area (Å²) in [4.78, 5) is 27.8. The molecule has 0 bridgehead atoms. The van der Waals surface area contributed by atoms with Crippen LogP contribution in [0, 0.1) is 12.8 Å². The van der Waals surface area contributed by atoms with Crippen molar-refractivity contribution < 1.29 is 9.59 Å². The van der Waals surface area contributed by atoms with Gasteiger partial charge in [0.2, 0.25) is 11.8 Å². The number of likely N-dealkylation sites (tertiary alicyclic amines) is 1. The zero-order valence-corrected chi connectivity index (χ0v) is 17.0. The summed E-state index contributed by atoms with van der Waals surface area (Å²) in [6.45, 7) is 2.61. The van der Waals surface area contributed by atoms with Gasteiger partial charge in [0.05, 0.1) is 0 Å². The van der Waals surface area contributed by atoms with Crippen LogP contribution in [0.1, 0.15) is 50.0 Å². The van der Waals surface area contributed by atoms with Gasteiger partial charge in [0.15, 0.2) is 0 Å². The fourth-order valence-corrected chi connectivity index (χ4v) is 4.93. The Kier molecular flexibility index (Phi) is 5.71. The molecule has 28 heavy (non-hydrogen) atoms. The largest absolute Gasteiger partial charge is 0.330 e. The molecule has 2 heterocycles. The zero-order valence-electron chi connectivity index (χ0n) is 16.2. The summed E-state index contributed by atoms with van der Waals surface area (Å²) in [5.74, 6) is 0.199. The number of carbonyl (C=O) groups is 2. The minimum Gasteiger partial charge on any atom is -0.330 e. The molecule has 1 atom stereocenters. The van der Waals surface area contributed by atoms with Gasteiger partial charge in [-0.3, -0.25) is 9.59 Å². The Bertz CT molecular complexity index is 860. The average molecular weight is 399 g/mol. The van der Waals surface area contributed by atoms with Crippen LogP contribution in [0.4, 0.5) is 5.69 Å². The van der Waals surface area contributed by atoms with E-state index in [2.05, 4.69) is 15.5 Å². The summed E-state index contributed by atoms with van der Waals surface area (Å²) in [6, 6.07) is 7.30. The van der Waals surface area contributed by atoms with Crippen molar-refractivity contribution in [3.63, 3.8) is 0 Å². The maximum absolute atomic E-state index is 13.0. The predicted molar refractivity (Wildman–Crippen MR) is 110 cm³/mol. The Hall–Kier alpha value is -2.28. The van der Waals surface area contributed by atoms with E-state index in [9.17, 15) is 9.59 Å². The van der Waals surface area contributed by atoms with E-state index in [4.69, 9.17) is 0 Å². The van der Waals surface area contributed by atoms with Gasteiger partial charge in [-0.25, -0.2) is 0 Å². The fourth-order valence-electron chi connectivity index (χ4n) is 4.24. The van der Waals surface area contributed by atoms with E-state index in [0.717, 1.165) is 66.2 Å². The number of rotatable bonds is 4. The second-order valence-corrected chi connectivity index (χ2v) is 8.90. The first-order chi connectivity index (χ1) is 13.6. The van der Waals surface area contributed by atoms with Crippen LogP contribution >= 0.6 is 11.3 Å². The van der Waals surface area contributed by atoms with Gasteiger partial charge in [0, 0.05) is 23.7 Å². The normalized spacial score (nSPS) is 20.3. The van der Waals surface area contributed by atoms with Crippen LogP contribution in [0.5, 0.6) is 0 Å². The number of anilines is 1. The van der Waals surface area contributed by atoms with Gasteiger partial charge < -0.3 is 10.2 Å². The molecule has 148 valence electrons. The molecule has 4 rings (SSSR count). The highest BCUT2D eigenvalue weighted by Crippen LogP contribution is 2.30. The van der Waals surface area contributed by atoms with Crippen molar-refractivity contribution in [3.05, 3.63) is 29.3 Å². The van der Waals surface area contributed by atoms with Crippen LogP contribution in [-0.4, -0.2) is 39.5 Å². The first-order valence-electron chi connectivity index (χ1n) is 10.1. The Labute approximate surface area is 169 Å². The van der Waals surface area contributed by atoms with Crippen molar-refractivity contribution in [3.8, 4) is 10.6 Å². The molecule has 2 amide bonds. The second kappa shape index (κ2) is 8.39. The maximum atomic E-state index is 13.0. The third-order valence-corrected chi connectivity index (χ3v) is 6.58. The highest BCUT2D eigenvalue weighted by atomic mass is 32.1. The Morgan fingerprint density at radius 2 is 1.89 bits per heavy atom. The van der Waals surface area contributed by atoms with Crippen LogP contribution in [0.2, 0.25) is 0 Å². The molecule has 1 aliphatic heterocycles. The number of nitrogens with one attached hydrogen (secondary N) is 1. The third kappa shape index (κ3) is 4.09. The zero-order chi connectivity index (χ0) is 19.5. The lowest BCUT2D eigenvalue weighted by Crippen LogP contribution is -2.51. The molecule has 2 aliphatic rings. The molecule has 0 radical (unpaired) electrons. The summed E-state index contributed by atoms with van der Waals surface area (Å²) in [5.41, 5.74) is 1.67. The number of hydrogen-bond donors (Lipinski definition) is 1. The van der Waals surface area contributed by atoms with E-state index in [-0.39, 0.29) is 23.8 Å². The average Bonchev–Trinajstić information content (AvgIpc) is 3.39. The van der Waals surface area contributed by atoms with Gasteiger partial charge in [-0.1, -0.05) is 36.3 Å².